The minimum atomic E-state index is -0.394. The summed E-state index contributed by atoms with van der Waals surface area (Å²) < 4.78 is 1.51. The van der Waals surface area contributed by atoms with Gasteiger partial charge in [-0.25, -0.2) is 0 Å². The first-order valence-electron chi connectivity index (χ1n) is 6.71. The number of ketones is 1. The quantitative estimate of drug-likeness (QED) is 0.561. The molecule has 0 saturated carbocycles. The fourth-order valence-electron chi connectivity index (χ4n) is 2.00. The van der Waals surface area contributed by atoms with Gasteiger partial charge in [0.15, 0.2) is 5.78 Å². The van der Waals surface area contributed by atoms with Gasteiger partial charge in [-0.2, -0.15) is 5.10 Å². The van der Waals surface area contributed by atoms with Gasteiger partial charge in [0.25, 0.3) is 0 Å². The van der Waals surface area contributed by atoms with E-state index in [0.29, 0.717) is 24.2 Å². The van der Waals surface area contributed by atoms with Crippen LogP contribution in [0.1, 0.15) is 45.5 Å². The Morgan fingerprint density at radius 3 is 2.42 bits per heavy atom. The summed E-state index contributed by atoms with van der Waals surface area (Å²) in [4.78, 5) is 22.7. The van der Waals surface area contributed by atoms with Crippen LogP contribution in [0.25, 0.3) is 0 Å². The number of nitro groups is 1. The van der Waals surface area contributed by atoms with Gasteiger partial charge in [0.2, 0.25) is 0 Å². The number of aromatic nitrogens is 2. The van der Waals surface area contributed by atoms with Crippen molar-refractivity contribution in [2.75, 3.05) is 0 Å². The molecule has 0 aromatic carbocycles. The molecule has 19 heavy (non-hydrogen) atoms. The molecule has 6 nitrogen and oxygen atoms in total. The Labute approximate surface area is 113 Å². The summed E-state index contributed by atoms with van der Waals surface area (Å²) in [5, 5.41) is 15.3. The lowest BCUT2D eigenvalue weighted by molar-refractivity contribution is -0.386. The standard InChI is InChI=1S/C13H21N3O3/c1-5-9(4)12(17)8-15-11(7-3)13(16(18)19)10(6-2)14-15/h9H,5-8H2,1-4H3. The van der Waals surface area contributed by atoms with Gasteiger partial charge in [-0.3, -0.25) is 19.6 Å². The Bertz CT molecular complexity index is 480. The fraction of sp³-hybridized carbons (Fsp3) is 0.692. The van der Waals surface area contributed by atoms with Gasteiger partial charge in [-0.05, 0) is 19.3 Å². The maximum Gasteiger partial charge on any atom is 0.313 e. The van der Waals surface area contributed by atoms with Crippen molar-refractivity contribution in [3.8, 4) is 0 Å². The van der Waals surface area contributed by atoms with Crippen molar-refractivity contribution in [3.05, 3.63) is 21.5 Å². The normalized spacial score (nSPS) is 12.4. The second-order valence-corrected chi connectivity index (χ2v) is 4.64. The van der Waals surface area contributed by atoms with Crippen LogP contribution in [0.2, 0.25) is 0 Å². The zero-order valence-electron chi connectivity index (χ0n) is 12.0. The zero-order chi connectivity index (χ0) is 14.6. The Morgan fingerprint density at radius 2 is 2.00 bits per heavy atom. The van der Waals surface area contributed by atoms with Gasteiger partial charge >= 0.3 is 5.69 Å². The van der Waals surface area contributed by atoms with Crippen LogP contribution in [0.5, 0.6) is 0 Å². The highest BCUT2D eigenvalue weighted by Crippen LogP contribution is 2.25. The van der Waals surface area contributed by atoms with Crippen LogP contribution < -0.4 is 0 Å². The molecule has 106 valence electrons. The highest BCUT2D eigenvalue weighted by Gasteiger charge is 2.26. The Hall–Kier alpha value is -1.72. The molecule has 0 aliphatic heterocycles. The largest absolute Gasteiger partial charge is 0.313 e. The monoisotopic (exact) mass is 267 g/mol. The molecule has 1 rings (SSSR count). The average molecular weight is 267 g/mol. The number of nitrogens with zero attached hydrogens (tertiary/aromatic N) is 3. The minimum Gasteiger partial charge on any atom is -0.297 e. The number of hydrogen-bond donors (Lipinski definition) is 0. The molecule has 0 N–H and O–H groups in total. The van der Waals surface area contributed by atoms with Gasteiger partial charge < -0.3 is 0 Å². The van der Waals surface area contributed by atoms with Crippen molar-refractivity contribution in [2.24, 2.45) is 5.92 Å². The second-order valence-electron chi connectivity index (χ2n) is 4.64. The highest BCUT2D eigenvalue weighted by atomic mass is 16.6. The molecule has 1 unspecified atom stereocenters. The lowest BCUT2D eigenvalue weighted by Crippen LogP contribution is -2.19. The summed E-state index contributed by atoms with van der Waals surface area (Å²) in [6.07, 6.45) is 1.76. The summed E-state index contributed by atoms with van der Waals surface area (Å²) in [7, 11) is 0. The van der Waals surface area contributed by atoms with Gasteiger partial charge in [-0.15, -0.1) is 0 Å². The maximum atomic E-state index is 12.0. The van der Waals surface area contributed by atoms with Crippen LogP contribution in [0.3, 0.4) is 0 Å². The SMILES string of the molecule is CCc1nn(CC(=O)C(C)CC)c(CC)c1[N+](=O)[O-]. The van der Waals surface area contributed by atoms with E-state index in [1.54, 1.807) is 0 Å². The van der Waals surface area contributed by atoms with Crippen LogP contribution in [0.15, 0.2) is 0 Å². The number of carbonyl (C=O) groups is 1. The van der Waals surface area contributed by atoms with Crippen LogP contribution in [-0.2, 0) is 24.2 Å². The van der Waals surface area contributed by atoms with Crippen LogP contribution >= 0.6 is 0 Å². The number of hydrogen-bond acceptors (Lipinski definition) is 4. The molecule has 1 atom stereocenters. The summed E-state index contributed by atoms with van der Waals surface area (Å²) in [6, 6.07) is 0. The number of rotatable bonds is 7. The van der Waals surface area contributed by atoms with Crippen molar-refractivity contribution in [2.45, 2.75) is 53.5 Å². The molecule has 1 aromatic heterocycles. The highest BCUT2D eigenvalue weighted by molar-refractivity contribution is 5.80. The van der Waals surface area contributed by atoms with Crippen molar-refractivity contribution >= 4 is 11.5 Å². The van der Waals surface area contributed by atoms with Gasteiger partial charge in [0, 0.05) is 5.92 Å². The van der Waals surface area contributed by atoms with Crippen LogP contribution in [0, 0.1) is 16.0 Å². The van der Waals surface area contributed by atoms with E-state index >= 15 is 0 Å². The molecular weight excluding hydrogens is 246 g/mol. The van der Waals surface area contributed by atoms with E-state index in [2.05, 4.69) is 5.10 Å². The van der Waals surface area contributed by atoms with Crippen LogP contribution in [-0.4, -0.2) is 20.5 Å². The number of Topliss-reactive ketones (excluding diaryl/α,β-unsaturated/α-hetero) is 1. The predicted octanol–water partition coefficient (Wildman–Crippen LogP) is 2.53. The second kappa shape index (κ2) is 6.45. The smallest absolute Gasteiger partial charge is 0.297 e. The van der Waals surface area contributed by atoms with Crippen molar-refractivity contribution in [1.29, 1.82) is 0 Å². The summed E-state index contributed by atoms with van der Waals surface area (Å²) >= 11 is 0. The van der Waals surface area contributed by atoms with Crippen LogP contribution in [0.4, 0.5) is 5.69 Å². The molecule has 0 saturated heterocycles. The topological polar surface area (TPSA) is 78.0 Å². The molecule has 6 heteroatoms. The third kappa shape index (κ3) is 3.19. The molecule has 0 aliphatic carbocycles. The molecule has 0 spiro atoms. The molecule has 0 fully saturated rings. The van der Waals surface area contributed by atoms with Gasteiger partial charge in [-0.1, -0.05) is 27.7 Å². The first-order chi connectivity index (χ1) is 8.96. The van der Waals surface area contributed by atoms with E-state index in [1.165, 1.54) is 4.68 Å². The van der Waals surface area contributed by atoms with E-state index < -0.39 is 4.92 Å². The Balaban J connectivity index is 3.14. The maximum absolute atomic E-state index is 12.0. The Kier molecular flexibility index (Phi) is 5.20. The molecule has 0 amide bonds. The lowest BCUT2D eigenvalue weighted by Gasteiger charge is -2.08. The number of aryl methyl sites for hydroxylation is 1. The molecule has 0 aliphatic rings. The van der Waals surface area contributed by atoms with E-state index in [1.807, 2.05) is 27.7 Å². The van der Waals surface area contributed by atoms with E-state index in [4.69, 9.17) is 0 Å². The van der Waals surface area contributed by atoms with Crippen molar-refractivity contribution in [3.63, 3.8) is 0 Å². The van der Waals surface area contributed by atoms with Crippen molar-refractivity contribution in [1.82, 2.24) is 9.78 Å². The number of carbonyl (C=O) groups excluding carboxylic acids is 1. The zero-order valence-corrected chi connectivity index (χ0v) is 12.0. The molecule has 0 bridgehead atoms. The lowest BCUT2D eigenvalue weighted by atomic mass is 10.0. The predicted molar refractivity (Wildman–Crippen MR) is 72.1 cm³/mol. The van der Waals surface area contributed by atoms with Gasteiger partial charge in [0.1, 0.15) is 17.9 Å². The first kappa shape index (κ1) is 15.3. The van der Waals surface area contributed by atoms with Crippen molar-refractivity contribution < 1.29 is 9.72 Å². The molecular formula is C13H21N3O3. The molecule has 1 aromatic rings. The van der Waals surface area contributed by atoms with E-state index in [-0.39, 0.29) is 23.9 Å². The molecule has 0 radical (unpaired) electrons. The van der Waals surface area contributed by atoms with E-state index in [0.717, 1.165) is 6.42 Å². The third-order valence-corrected chi connectivity index (χ3v) is 3.42. The third-order valence-electron chi connectivity index (χ3n) is 3.42. The average Bonchev–Trinajstić information content (AvgIpc) is 2.75. The summed E-state index contributed by atoms with van der Waals surface area (Å²) in [5.41, 5.74) is 1.07. The fourth-order valence-corrected chi connectivity index (χ4v) is 2.00. The van der Waals surface area contributed by atoms with E-state index in [9.17, 15) is 14.9 Å². The summed E-state index contributed by atoms with van der Waals surface area (Å²) in [6.45, 7) is 7.61. The first-order valence-corrected chi connectivity index (χ1v) is 6.71. The molecule has 1 heterocycles. The Morgan fingerprint density at radius 1 is 1.37 bits per heavy atom. The minimum absolute atomic E-state index is 0.0435. The van der Waals surface area contributed by atoms with Gasteiger partial charge in [0.05, 0.1) is 4.92 Å². The summed E-state index contributed by atoms with van der Waals surface area (Å²) in [5.74, 6) is 0.0234.